The highest BCUT2D eigenvalue weighted by molar-refractivity contribution is 5.82. The highest BCUT2D eigenvalue weighted by atomic mass is 19.4. The van der Waals surface area contributed by atoms with Crippen molar-refractivity contribution in [3.63, 3.8) is 0 Å². The Bertz CT molecular complexity index is 310. The van der Waals surface area contributed by atoms with Crippen molar-refractivity contribution in [3.8, 4) is 0 Å². The third-order valence-electron chi connectivity index (χ3n) is 2.80. The van der Waals surface area contributed by atoms with Crippen LogP contribution in [0.4, 0.5) is 26.3 Å². The third-order valence-corrected chi connectivity index (χ3v) is 2.80. The van der Waals surface area contributed by atoms with E-state index in [1.54, 1.807) is 13.8 Å². The smallest absolute Gasteiger partial charge is 0.387 e. The number of rotatable bonds is 7. The maximum atomic E-state index is 12.1. The molecule has 9 heteroatoms. The average molecular weight is 308 g/mol. The summed E-state index contributed by atoms with van der Waals surface area (Å²) in [5.74, 6) is -0.0816. The predicted molar refractivity (Wildman–Crippen MR) is 61.4 cm³/mol. The zero-order chi connectivity index (χ0) is 16.2. The Hall–Kier alpha value is -0.990. The number of ether oxygens (including phenoxy) is 1. The summed E-state index contributed by atoms with van der Waals surface area (Å²) in [5, 5.41) is 7.26. The zero-order valence-electron chi connectivity index (χ0n) is 11.2. The van der Waals surface area contributed by atoms with E-state index in [4.69, 9.17) is 11.1 Å². The first-order valence-electron chi connectivity index (χ1n) is 5.88. The molecule has 0 aliphatic carbocycles. The van der Waals surface area contributed by atoms with Crippen LogP contribution in [0.3, 0.4) is 0 Å². The van der Waals surface area contributed by atoms with Gasteiger partial charge in [0.05, 0.1) is 5.84 Å². The van der Waals surface area contributed by atoms with Crippen molar-refractivity contribution in [3.05, 3.63) is 0 Å². The van der Waals surface area contributed by atoms with Crippen molar-refractivity contribution in [2.45, 2.75) is 51.6 Å². The van der Waals surface area contributed by atoms with E-state index < -0.39 is 30.5 Å². The number of hydrogen-bond donors (Lipinski definition) is 2. The zero-order valence-corrected chi connectivity index (χ0v) is 11.2. The van der Waals surface area contributed by atoms with Crippen molar-refractivity contribution in [1.29, 1.82) is 5.41 Å². The average Bonchev–Trinajstić information content (AvgIpc) is 2.18. The van der Waals surface area contributed by atoms with Crippen molar-refractivity contribution >= 4 is 5.84 Å². The largest absolute Gasteiger partial charge is 0.423 e. The summed E-state index contributed by atoms with van der Waals surface area (Å²) in [5.41, 5.74) is 4.67. The fraction of sp³-hybridized carbons (Fsp3) is 0.909. The Balaban J connectivity index is 4.20. The first-order chi connectivity index (χ1) is 8.78. The van der Waals surface area contributed by atoms with Crippen LogP contribution in [0.5, 0.6) is 0 Å². The van der Waals surface area contributed by atoms with E-state index in [9.17, 15) is 26.3 Å². The summed E-state index contributed by atoms with van der Waals surface area (Å²) < 4.78 is 76.7. The van der Waals surface area contributed by atoms with Crippen LogP contribution < -0.4 is 5.73 Å². The molecule has 0 aliphatic heterocycles. The number of amidine groups is 1. The Labute approximate surface area is 113 Å². The van der Waals surface area contributed by atoms with Gasteiger partial charge in [-0.25, -0.2) is 0 Å². The molecular weight excluding hydrogens is 290 g/mol. The molecule has 0 spiro atoms. The van der Waals surface area contributed by atoms with Gasteiger partial charge < -0.3 is 10.5 Å². The maximum absolute atomic E-state index is 12.1. The molecule has 0 fully saturated rings. The lowest BCUT2D eigenvalue weighted by molar-refractivity contribution is -0.321. The van der Waals surface area contributed by atoms with Crippen LogP contribution in [0.15, 0.2) is 0 Å². The monoisotopic (exact) mass is 308 g/mol. The van der Waals surface area contributed by atoms with Gasteiger partial charge in [0.15, 0.2) is 0 Å². The van der Waals surface area contributed by atoms with Crippen LogP contribution in [0.2, 0.25) is 0 Å². The molecule has 20 heavy (non-hydrogen) atoms. The molecule has 3 nitrogen and oxygen atoms in total. The van der Waals surface area contributed by atoms with Crippen LogP contribution in [-0.4, -0.2) is 30.9 Å². The lowest BCUT2D eigenvalue weighted by Gasteiger charge is -2.24. The summed E-state index contributed by atoms with van der Waals surface area (Å²) >= 11 is 0. The van der Waals surface area contributed by atoms with Gasteiger partial charge in [-0.1, -0.05) is 20.3 Å². The molecule has 0 aromatic carbocycles. The third kappa shape index (κ3) is 6.44. The van der Waals surface area contributed by atoms with E-state index in [0.717, 1.165) is 0 Å². The Morgan fingerprint density at radius 3 is 1.85 bits per heavy atom. The predicted octanol–water partition coefficient (Wildman–Crippen LogP) is 3.63. The summed E-state index contributed by atoms with van der Waals surface area (Å²) in [4.78, 5) is 0. The molecule has 0 aliphatic rings. The molecule has 0 amide bonds. The molecule has 0 rings (SSSR count). The van der Waals surface area contributed by atoms with E-state index in [-0.39, 0.29) is 12.3 Å². The standard InChI is InChI=1S/C11H18F6N2O/c1-9(2,8(18)19)5-3-4-6-20-7(10(12,13)14)11(15,16)17/h7H,3-6H2,1-2H3,(H3,18,19). The molecule has 0 atom stereocenters. The summed E-state index contributed by atoms with van der Waals surface area (Å²) in [6.07, 6.45) is -14.0. The minimum Gasteiger partial charge on any atom is -0.387 e. The summed E-state index contributed by atoms with van der Waals surface area (Å²) in [6.45, 7) is 2.69. The number of unbranched alkanes of at least 4 members (excludes halogenated alkanes) is 1. The Morgan fingerprint density at radius 2 is 1.50 bits per heavy atom. The molecule has 0 aromatic rings. The number of nitrogens with one attached hydrogen (secondary N) is 1. The topological polar surface area (TPSA) is 59.1 Å². The maximum Gasteiger partial charge on any atom is 0.423 e. The summed E-state index contributed by atoms with van der Waals surface area (Å²) in [6, 6.07) is 0. The lowest BCUT2D eigenvalue weighted by Crippen LogP contribution is -2.44. The first-order valence-corrected chi connectivity index (χ1v) is 5.88. The van der Waals surface area contributed by atoms with Gasteiger partial charge in [0, 0.05) is 12.0 Å². The second kappa shape index (κ2) is 6.64. The van der Waals surface area contributed by atoms with E-state index in [1.165, 1.54) is 0 Å². The van der Waals surface area contributed by atoms with Crippen molar-refractivity contribution in [2.75, 3.05) is 6.61 Å². The molecular formula is C11H18F6N2O. The molecule has 3 N–H and O–H groups in total. The highest BCUT2D eigenvalue weighted by Crippen LogP contribution is 2.35. The first kappa shape index (κ1) is 19.0. The van der Waals surface area contributed by atoms with E-state index in [0.29, 0.717) is 12.8 Å². The van der Waals surface area contributed by atoms with Gasteiger partial charge in [-0.3, -0.25) is 5.41 Å². The van der Waals surface area contributed by atoms with Crippen LogP contribution in [0.25, 0.3) is 0 Å². The van der Waals surface area contributed by atoms with Gasteiger partial charge in [-0.2, -0.15) is 26.3 Å². The van der Waals surface area contributed by atoms with Gasteiger partial charge in [0.2, 0.25) is 6.10 Å². The van der Waals surface area contributed by atoms with Crippen molar-refractivity contribution < 1.29 is 31.1 Å². The van der Waals surface area contributed by atoms with Gasteiger partial charge in [0.1, 0.15) is 0 Å². The molecule has 0 aromatic heterocycles. The minimum atomic E-state index is -5.48. The second-order valence-corrected chi connectivity index (χ2v) is 5.09. The SMILES string of the molecule is CC(C)(CCCCOC(C(F)(F)F)C(F)(F)F)C(=N)N. The van der Waals surface area contributed by atoms with Gasteiger partial charge >= 0.3 is 12.4 Å². The van der Waals surface area contributed by atoms with Crippen molar-refractivity contribution in [2.24, 2.45) is 11.1 Å². The van der Waals surface area contributed by atoms with Crippen LogP contribution in [0, 0.1) is 10.8 Å². The summed E-state index contributed by atoms with van der Waals surface area (Å²) in [7, 11) is 0. The molecule has 0 radical (unpaired) electrons. The van der Waals surface area contributed by atoms with Crippen LogP contribution in [0.1, 0.15) is 33.1 Å². The van der Waals surface area contributed by atoms with Gasteiger partial charge in [-0.15, -0.1) is 0 Å². The van der Waals surface area contributed by atoms with Crippen LogP contribution in [-0.2, 0) is 4.74 Å². The Kier molecular flexibility index (Phi) is 6.31. The number of nitrogens with two attached hydrogens (primary N) is 1. The molecule has 0 saturated heterocycles. The quantitative estimate of drug-likeness (QED) is 0.326. The van der Waals surface area contributed by atoms with Crippen molar-refractivity contribution in [1.82, 2.24) is 0 Å². The van der Waals surface area contributed by atoms with Gasteiger partial charge in [0.25, 0.3) is 0 Å². The fourth-order valence-electron chi connectivity index (χ4n) is 1.38. The van der Waals surface area contributed by atoms with Crippen LogP contribution >= 0.6 is 0 Å². The Morgan fingerprint density at radius 1 is 1.05 bits per heavy atom. The minimum absolute atomic E-state index is 0.0272. The number of alkyl halides is 6. The molecule has 0 heterocycles. The number of halogens is 6. The second-order valence-electron chi connectivity index (χ2n) is 5.09. The lowest BCUT2D eigenvalue weighted by atomic mass is 9.86. The van der Waals surface area contributed by atoms with Gasteiger partial charge in [-0.05, 0) is 12.8 Å². The van der Waals surface area contributed by atoms with E-state index >= 15 is 0 Å². The molecule has 120 valence electrons. The highest BCUT2D eigenvalue weighted by Gasteiger charge is 2.57. The van der Waals surface area contributed by atoms with E-state index in [2.05, 4.69) is 4.74 Å². The molecule has 0 saturated carbocycles. The number of hydrogen-bond acceptors (Lipinski definition) is 2. The van der Waals surface area contributed by atoms with E-state index in [1.807, 2.05) is 0 Å². The normalized spacial score (nSPS) is 13.8. The molecule has 0 unspecified atom stereocenters. The molecule has 0 bridgehead atoms. The fourth-order valence-corrected chi connectivity index (χ4v) is 1.38.